The van der Waals surface area contributed by atoms with Crippen LogP contribution in [-0.2, 0) is 15.1 Å². The number of carboxylic acid groups (broad SMARTS) is 1. The molecule has 2 heterocycles. The number of benzene rings is 1. The van der Waals surface area contributed by atoms with Gasteiger partial charge in [-0.15, -0.1) is 0 Å². The highest BCUT2D eigenvalue weighted by molar-refractivity contribution is 5.66. The Morgan fingerprint density at radius 1 is 1.21 bits per heavy atom. The topological polar surface area (TPSA) is 78.8 Å². The molecule has 0 spiro atoms. The molecular formula is C24H35NO4. The minimum Gasteiger partial charge on any atom is -0.481 e. The first kappa shape index (κ1) is 22.0. The third-order valence-corrected chi connectivity index (χ3v) is 6.45. The molecule has 2 saturated heterocycles. The number of fused-ring (bicyclic) bond motifs is 2. The highest BCUT2D eigenvalue weighted by atomic mass is 16.5. The molecule has 5 atom stereocenters. The molecule has 0 saturated carbocycles. The van der Waals surface area contributed by atoms with Gasteiger partial charge >= 0.3 is 5.97 Å². The molecule has 1 unspecified atom stereocenters. The highest BCUT2D eigenvalue weighted by Crippen LogP contribution is 2.46. The number of allylic oxidation sites excluding steroid dienone is 2. The number of rotatable bonds is 12. The summed E-state index contributed by atoms with van der Waals surface area (Å²) in [7, 11) is 0. The van der Waals surface area contributed by atoms with Crippen molar-refractivity contribution in [3.05, 3.63) is 48.0 Å². The van der Waals surface area contributed by atoms with Gasteiger partial charge in [-0.3, -0.25) is 4.79 Å². The average molecular weight is 402 g/mol. The summed E-state index contributed by atoms with van der Waals surface area (Å²) in [5.41, 5.74) is 0.0616. The van der Waals surface area contributed by atoms with Crippen molar-refractivity contribution in [3.8, 4) is 0 Å². The van der Waals surface area contributed by atoms with Gasteiger partial charge in [0.25, 0.3) is 0 Å². The van der Waals surface area contributed by atoms with E-state index < -0.39 is 11.6 Å². The lowest BCUT2D eigenvalue weighted by molar-refractivity contribution is -0.137. The Kier molecular flexibility index (Phi) is 7.87. The van der Waals surface area contributed by atoms with E-state index in [1.54, 1.807) is 0 Å². The van der Waals surface area contributed by atoms with Crippen LogP contribution in [-0.4, -0.2) is 41.5 Å². The van der Waals surface area contributed by atoms with Gasteiger partial charge in [0, 0.05) is 13.0 Å². The van der Waals surface area contributed by atoms with Crippen molar-refractivity contribution in [2.75, 3.05) is 13.1 Å². The van der Waals surface area contributed by atoms with Crippen LogP contribution in [0.2, 0.25) is 0 Å². The summed E-state index contributed by atoms with van der Waals surface area (Å²) < 4.78 is 6.19. The van der Waals surface area contributed by atoms with Crippen LogP contribution in [0.4, 0.5) is 0 Å². The van der Waals surface area contributed by atoms with Gasteiger partial charge in [0.15, 0.2) is 0 Å². The molecule has 5 nitrogen and oxygen atoms in total. The fourth-order valence-electron chi connectivity index (χ4n) is 4.84. The zero-order valence-corrected chi connectivity index (χ0v) is 17.4. The van der Waals surface area contributed by atoms with Crippen molar-refractivity contribution in [3.63, 3.8) is 0 Å². The Morgan fingerprint density at radius 3 is 2.66 bits per heavy atom. The second-order valence-electron chi connectivity index (χ2n) is 8.72. The Morgan fingerprint density at radius 2 is 1.93 bits per heavy atom. The zero-order valence-electron chi connectivity index (χ0n) is 17.4. The second kappa shape index (κ2) is 10.4. The lowest BCUT2D eigenvalue weighted by atomic mass is 9.76. The molecule has 2 aliphatic heterocycles. The van der Waals surface area contributed by atoms with E-state index in [0.29, 0.717) is 37.0 Å². The minimum absolute atomic E-state index is 0.239. The number of unbranched alkanes of at least 4 members (excludes halogenated alkanes) is 1. The number of aliphatic hydroxyl groups is 1. The number of hydrogen-bond acceptors (Lipinski definition) is 4. The Balaban J connectivity index is 1.41. The van der Waals surface area contributed by atoms with E-state index in [2.05, 4.69) is 17.5 Å². The third kappa shape index (κ3) is 6.14. The summed E-state index contributed by atoms with van der Waals surface area (Å²) in [4.78, 5) is 10.6. The molecule has 0 aromatic heterocycles. The maximum Gasteiger partial charge on any atom is 0.303 e. The first-order valence-corrected chi connectivity index (χ1v) is 11.0. The van der Waals surface area contributed by atoms with Crippen LogP contribution in [0.3, 0.4) is 0 Å². The number of hydrogen-bond donors (Lipinski definition) is 3. The van der Waals surface area contributed by atoms with Gasteiger partial charge in [0.05, 0.1) is 17.8 Å². The molecule has 1 aromatic carbocycles. The predicted molar refractivity (Wildman–Crippen MR) is 114 cm³/mol. The zero-order chi connectivity index (χ0) is 20.7. The van der Waals surface area contributed by atoms with Crippen molar-refractivity contribution in [2.24, 2.45) is 11.8 Å². The molecule has 2 aliphatic rings. The van der Waals surface area contributed by atoms with Gasteiger partial charge in [0.1, 0.15) is 0 Å². The summed E-state index contributed by atoms with van der Waals surface area (Å²) >= 11 is 0. The molecule has 2 fully saturated rings. The quantitative estimate of drug-likeness (QED) is 0.366. The lowest BCUT2D eigenvalue weighted by Crippen LogP contribution is -2.37. The highest BCUT2D eigenvalue weighted by Gasteiger charge is 2.47. The van der Waals surface area contributed by atoms with Crippen molar-refractivity contribution in [1.82, 2.24) is 5.32 Å². The summed E-state index contributed by atoms with van der Waals surface area (Å²) in [6.45, 7) is 3.26. The van der Waals surface area contributed by atoms with Crippen LogP contribution in [0, 0.1) is 11.8 Å². The molecule has 3 N–H and O–H groups in total. The van der Waals surface area contributed by atoms with Crippen molar-refractivity contribution in [1.29, 1.82) is 0 Å². The first-order valence-electron chi connectivity index (χ1n) is 11.0. The second-order valence-corrected chi connectivity index (χ2v) is 8.72. The van der Waals surface area contributed by atoms with E-state index in [1.807, 2.05) is 37.3 Å². The molecule has 0 amide bonds. The lowest BCUT2D eigenvalue weighted by Gasteiger charge is -2.28. The van der Waals surface area contributed by atoms with E-state index in [-0.39, 0.29) is 6.42 Å². The summed E-state index contributed by atoms with van der Waals surface area (Å²) in [5, 5.41) is 22.9. The van der Waals surface area contributed by atoms with Crippen LogP contribution < -0.4 is 5.32 Å². The fourth-order valence-corrected chi connectivity index (χ4v) is 4.84. The Bertz CT molecular complexity index is 673. The predicted octanol–water partition coefficient (Wildman–Crippen LogP) is 3.87. The van der Waals surface area contributed by atoms with Gasteiger partial charge in [0.2, 0.25) is 0 Å². The number of carboxylic acids is 1. The SMILES string of the molecule is CC(O)(CNCC[C@@H]1[C@@H](CC=CCCCC(=O)O)[C@H]2CC[C@@H]1O2)c1ccccc1. The van der Waals surface area contributed by atoms with E-state index in [9.17, 15) is 9.90 Å². The smallest absolute Gasteiger partial charge is 0.303 e. The summed E-state index contributed by atoms with van der Waals surface area (Å²) in [5.74, 6) is 0.395. The van der Waals surface area contributed by atoms with Gasteiger partial charge in [-0.1, -0.05) is 42.5 Å². The number of carbonyl (C=O) groups is 1. The van der Waals surface area contributed by atoms with E-state index in [1.165, 1.54) is 0 Å². The van der Waals surface area contributed by atoms with Crippen molar-refractivity contribution < 1.29 is 19.7 Å². The molecule has 1 aromatic rings. The fraction of sp³-hybridized carbons (Fsp3) is 0.625. The monoisotopic (exact) mass is 401 g/mol. The van der Waals surface area contributed by atoms with Gasteiger partial charge in [-0.05, 0) is 69.4 Å². The molecule has 160 valence electrons. The number of nitrogens with one attached hydrogen (secondary N) is 1. The van der Waals surface area contributed by atoms with Crippen molar-refractivity contribution >= 4 is 5.97 Å². The maximum absolute atomic E-state index is 10.7. The standard InChI is InChI=1S/C24H35NO4/c1-24(28,18-9-5-4-6-10-18)17-25-16-15-20-19(21-13-14-22(20)29-21)11-7-2-3-8-12-23(26)27/h2,4-7,9-10,19-22,25,28H,3,8,11-17H2,1H3,(H,26,27)/t19-,20-,21-,22+,24?/m1/s1. The van der Waals surface area contributed by atoms with E-state index >= 15 is 0 Å². The number of aliphatic carboxylic acids is 1. The van der Waals surface area contributed by atoms with Crippen LogP contribution in [0.1, 0.15) is 57.4 Å². The molecular weight excluding hydrogens is 366 g/mol. The summed E-state index contributed by atoms with van der Waals surface area (Å²) in [6.07, 6.45) is 11.3. The molecule has 3 rings (SSSR count). The third-order valence-electron chi connectivity index (χ3n) is 6.45. The van der Waals surface area contributed by atoms with Gasteiger partial charge < -0.3 is 20.3 Å². The molecule has 5 heteroatoms. The minimum atomic E-state index is -0.871. The molecule has 2 bridgehead atoms. The molecule has 0 radical (unpaired) electrons. The van der Waals surface area contributed by atoms with Crippen LogP contribution in [0.15, 0.2) is 42.5 Å². The average Bonchev–Trinajstić information content (AvgIpc) is 3.30. The Hall–Kier alpha value is -1.69. The van der Waals surface area contributed by atoms with Gasteiger partial charge in [-0.2, -0.15) is 0 Å². The number of ether oxygens (including phenoxy) is 1. The summed E-state index contributed by atoms with van der Waals surface area (Å²) in [6, 6.07) is 9.80. The van der Waals surface area contributed by atoms with Crippen LogP contribution in [0.5, 0.6) is 0 Å². The van der Waals surface area contributed by atoms with Gasteiger partial charge in [-0.25, -0.2) is 0 Å². The molecule has 29 heavy (non-hydrogen) atoms. The first-order chi connectivity index (χ1) is 14.0. The normalized spacial score (nSPS) is 28.1. The van der Waals surface area contributed by atoms with Crippen molar-refractivity contribution in [2.45, 2.75) is 69.7 Å². The largest absolute Gasteiger partial charge is 0.481 e. The maximum atomic E-state index is 10.7. The molecule has 0 aliphatic carbocycles. The van der Waals surface area contributed by atoms with E-state index in [0.717, 1.165) is 44.2 Å². The Labute approximate surface area is 174 Å². The van der Waals surface area contributed by atoms with Crippen LogP contribution in [0.25, 0.3) is 0 Å². The van der Waals surface area contributed by atoms with E-state index in [4.69, 9.17) is 9.84 Å². The van der Waals surface area contributed by atoms with Crippen LogP contribution >= 0.6 is 0 Å².